The first-order chi connectivity index (χ1) is 12.2. The summed E-state index contributed by atoms with van der Waals surface area (Å²) in [7, 11) is 1.90. The quantitative estimate of drug-likeness (QED) is 0.874. The number of hydrogen-bond acceptors (Lipinski definition) is 3. The Morgan fingerprint density at radius 2 is 1.92 bits per heavy atom. The van der Waals surface area contributed by atoms with Crippen molar-refractivity contribution in [1.82, 2.24) is 20.0 Å². The number of nitrogens with zero attached hydrogens (tertiary/aromatic N) is 3. The molecule has 140 valence electrons. The molecule has 0 radical (unpaired) electrons. The van der Waals surface area contributed by atoms with Crippen LogP contribution in [0.4, 0.5) is 0 Å². The van der Waals surface area contributed by atoms with Crippen molar-refractivity contribution in [2.75, 3.05) is 7.05 Å². The van der Waals surface area contributed by atoms with Gasteiger partial charge in [-0.1, -0.05) is 18.2 Å². The van der Waals surface area contributed by atoms with Gasteiger partial charge in [0.1, 0.15) is 0 Å². The number of halogens is 1. The van der Waals surface area contributed by atoms with Gasteiger partial charge in [0.15, 0.2) is 0 Å². The molecular weight excluding hydrogens is 348 g/mol. The third-order valence-corrected chi connectivity index (χ3v) is 5.54. The molecule has 2 fully saturated rings. The minimum absolute atomic E-state index is 0. The van der Waals surface area contributed by atoms with E-state index in [0.29, 0.717) is 31.0 Å². The zero-order valence-electron chi connectivity index (χ0n) is 15.2. The number of hydrogen-bond donors (Lipinski definition) is 1. The van der Waals surface area contributed by atoms with Gasteiger partial charge < -0.3 is 10.2 Å². The summed E-state index contributed by atoms with van der Waals surface area (Å²) in [5.41, 5.74) is 2.10. The molecular formula is C20H27ClN4O. The van der Waals surface area contributed by atoms with Crippen molar-refractivity contribution in [1.29, 1.82) is 0 Å². The number of piperidine rings is 1. The monoisotopic (exact) mass is 374 g/mol. The highest BCUT2D eigenvalue weighted by molar-refractivity contribution is 5.85. The van der Waals surface area contributed by atoms with Gasteiger partial charge >= 0.3 is 0 Å². The fourth-order valence-electron chi connectivity index (χ4n) is 4.27. The van der Waals surface area contributed by atoms with Crippen molar-refractivity contribution in [3.8, 4) is 5.69 Å². The zero-order valence-corrected chi connectivity index (χ0v) is 16.0. The van der Waals surface area contributed by atoms with E-state index in [0.717, 1.165) is 24.1 Å². The lowest BCUT2D eigenvalue weighted by molar-refractivity contribution is -0.131. The molecule has 1 N–H and O–H groups in total. The maximum atomic E-state index is 12.6. The predicted molar refractivity (Wildman–Crippen MR) is 105 cm³/mol. The van der Waals surface area contributed by atoms with Gasteiger partial charge in [0.2, 0.25) is 5.91 Å². The Balaban J connectivity index is 0.00000196. The summed E-state index contributed by atoms with van der Waals surface area (Å²) >= 11 is 0. The summed E-state index contributed by atoms with van der Waals surface area (Å²) < 4.78 is 1.86. The lowest BCUT2D eigenvalue weighted by Gasteiger charge is -2.29. The van der Waals surface area contributed by atoms with Gasteiger partial charge in [-0.2, -0.15) is 5.10 Å². The fourth-order valence-corrected chi connectivity index (χ4v) is 4.27. The Kier molecular flexibility index (Phi) is 5.99. The molecule has 2 saturated heterocycles. The zero-order chi connectivity index (χ0) is 17.2. The summed E-state index contributed by atoms with van der Waals surface area (Å²) in [6, 6.07) is 11.3. The molecule has 1 aromatic heterocycles. The lowest BCUT2D eigenvalue weighted by Crippen LogP contribution is -2.39. The normalized spacial score (nSPS) is 24.1. The van der Waals surface area contributed by atoms with Crippen molar-refractivity contribution >= 4 is 18.3 Å². The molecule has 2 aliphatic heterocycles. The first-order valence-corrected chi connectivity index (χ1v) is 9.26. The fraction of sp³-hybridized carbons (Fsp3) is 0.500. The first-order valence-electron chi connectivity index (χ1n) is 9.26. The summed E-state index contributed by atoms with van der Waals surface area (Å²) in [6.45, 7) is 0.615. The number of nitrogens with one attached hydrogen (secondary N) is 1. The minimum Gasteiger partial charge on any atom is -0.341 e. The Labute approximate surface area is 161 Å². The van der Waals surface area contributed by atoms with Crippen LogP contribution in [0.3, 0.4) is 0 Å². The Morgan fingerprint density at radius 3 is 2.62 bits per heavy atom. The SMILES string of the molecule is CN(Cc1cnn(-c2ccccc2)c1)C(=O)CC1CC2CCC(C1)N2.Cl. The number of amides is 1. The Morgan fingerprint density at radius 1 is 1.23 bits per heavy atom. The molecule has 1 amide bonds. The largest absolute Gasteiger partial charge is 0.341 e. The maximum absolute atomic E-state index is 12.6. The molecule has 3 heterocycles. The van der Waals surface area contributed by atoms with Gasteiger partial charge in [0.25, 0.3) is 0 Å². The van der Waals surface area contributed by atoms with Crippen LogP contribution in [-0.2, 0) is 11.3 Å². The van der Waals surface area contributed by atoms with Gasteiger partial charge in [-0.15, -0.1) is 12.4 Å². The third-order valence-electron chi connectivity index (χ3n) is 5.54. The average molecular weight is 375 g/mol. The summed E-state index contributed by atoms with van der Waals surface area (Å²) in [5, 5.41) is 8.06. The van der Waals surface area contributed by atoms with Crippen molar-refractivity contribution < 1.29 is 4.79 Å². The van der Waals surface area contributed by atoms with E-state index in [1.165, 1.54) is 12.8 Å². The van der Waals surface area contributed by atoms with Gasteiger partial charge in [0.05, 0.1) is 11.9 Å². The average Bonchev–Trinajstić information content (AvgIpc) is 3.22. The molecule has 6 heteroatoms. The molecule has 2 aliphatic rings. The molecule has 5 nitrogen and oxygen atoms in total. The molecule has 1 aromatic carbocycles. The van der Waals surface area contributed by atoms with E-state index in [9.17, 15) is 4.79 Å². The highest BCUT2D eigenvalue weighted by Crippen LogP contribution is 2.33. The van der Waals surface area contributed by atoms with Gasteiger partial charge in [-0.05, 0) is 43.7 Å². The highest BCUT2D eigenvalue weighted by atomic mass is 35.5. The number of para-hydroxylation sites is 1. The summed E-state index contributed by atoms with van der Waals surface area (Å²) in [4.78, 5) is 14.4. The topological polar surface area (TPSA) is 50.2 Å². The molecule has 2 bridgehead atoms. The smallest absolute Gasteiger partial charge is 0.222 e. The number of fused-ring (bicyclic) bond motifs is 2. The standard InChI is InChI=1S/C20H26N4O.ClH/c1-23(20(25)11-15-9-17-7-8-18(10-15)22-17)13-16-12-21-24(14-16)19-5-3-2-4-6-19;/h2-6,12,14-15,17-18,22H,7-11,13H2,1H3;1H. The van der Waals surface area contributed by atoms with Crippen LogP contribution in [0.15, 0.2) is 42.7 Å². The van der Waals surface area contributed by atoms with E-state index in [1.807, 2.05) is 59.4 Å². The van der Waals surface area contributed by atoms with E-state index < -0.39 is 0 Å². The Hall–Kier alpha value is -1.85. The van der Waals surface area contributed by atoms with Crippen LogP contribution in [0.2, 0.25) is 0 Å². The predicted octanol–water partition coefficient (Wildman–Crippen LogP) is 3.17. The van der Waals surface area contributed by atoms with Crippen LogP contribution in [0.25, 0.3) is 5.69 Å². The summed E-state index contributed by atoms with van der Waals surface area (Å²) in [6.07, 6.45) is 9.40. The van der Waals surface area contributed by atoms with E-state index >= 15 is 0 Å². The van der Waals surface area contributed by atoms with Crippen molar-refractivity contribution in [3.63, 3.8) is 0 Å². The van der Waals surface area contributed by atoms with E-state index in [1.54, 1.807) is 0 Å². The second-order valence-corrected chi connectivity index (χ2v) is 7.56. The second-order valence-electron chi connectivity index (χ2n) is 7.56. The van der Waals surface area contributed by atoms with Crippen LogP contribution in [0, 0.1) is 5.92 Å². The van der Waals surface area contributed by atoms with Crippen LogP contribution in [0.5, 0.6) is 0 Å². The molecule has 2 atom stereocenters. The van der Waals surface area contributed by atoms with Crippen molar-refractivity contribution in [2.45, 2.75) is 50.7 Å². The third kappa shape index (κ3) is 4.27. The lowest BCUT2D eigenvalue weighted by atomic mass is 9.89. The van der Waals surface area contributed by atoms with Gasteiger partial charge in [0, 0.05) is 43.9 Å². The number of carbonyl (C=O) groups excluding carboxylic acids is 1. The highest BCUT2D eigenvalue weighted by Gasteiger charge is 2.34. The molecule has 0 aliphatic carbocycles. The van der Waals surface area contributed by atoms with Crippen LogP contribution in [-0.4, -0.2) is 39.7 Å². The van der Waals surface area contributed by atoms with E-state index in [2.05, 4.69) is 10.4 Å². The van der Waals surface area contributed by atoms with E-state index in [4.69, 9.17) is 0 Å². The molecule has 2 unspecified atom stereocenters. The van der Waals surface area contributed by atoms with Crippen LogP contribution >= 0.6 is 12.4 Å². The molecule has 26 heavy (non-hydrogen) atoms. The molecule has 0 spiro atoms. The van der Waals surface area contributed by atoms with Crippen LogP contribution in [0.1, 0.15) is 37.7 Å². The molecule has 0 saturated carbocycles. The second kappa shape index (κ2) is 8.23. The number of aromatic nitrogens is 2. The number of carbonyl (C=O) groups is 1. The van der Waals surface area contributed by atoms with Crippen LogP contribution < -0.4 is 5.32 Å². The van der Waals surface area contributed by atoms with Gasteiger partial charge in [-0.25, -0.2) is 4.68 Å². The van der Waals surface area contributed by atoms with Crippen molar-refractivity contribution in [2.24, 2.45) is 5.92 Å². The minimum atomic E-state index is 0. The number of benzene rings is 1. The molecule has 4 rings (SSSR count). The summed E-state index contributed by atoms with van der Waals surface area (Å²) in [5.74, 6) is 0.791. The van der Waals surface area contributed by atoms with E-state index in [-0.39, 0.29) is 18.3 Å². The molecule has 2 aromatic rings. The maximum Gasteiger partial charge on any atom is 0.222 e. The van der Waals surface area contributed by atoms with Gasteiger partial charge in [-0.3, -0.25) is 4.79 Å². The first kappa shape index (κ1) is 18.9. The Bertz CT molecular complexity index is 720. The number of rotatable bonds is 5. The van der Waals surface area contributed by atoms with Crippen molar-refractivity contribution in [3.05, 3.63) is 48.3 Å².